The minimum absolute atomic E-state index is 0.763. The molecule has 0 spiro atoms. The Kier molecular flexibility index (Phi) is 7.03. The molecular formula is C16H32N2S. The zero-order valence-corrected chi connectivity index (χ0v) is 13.7. The highest BCUT2D eigenvalue weighted by molar-refractivity contribution is 7.98. The lowest BCUT2D eigenvalue weighted by Gasteiger charge is -2.34. The van der Waals surface area contributed by atoms with Crippen molar-refractivity contribution < 1.29 is 0 Å². The molecule has 2 nitrogen and oxygen atoms in total. The first-order valence-electron chi connectivity index (χ1n) is 8.27. The van der Waals surface area contributed by atoms with Crippen LogP contribution in [0.2, 0.25) is 0 Å². The summed E-state index contributed by atoms with van der Waals surface area (Å²) in [4.78, 5) is 2.76. The minimum atomic E-state index is 0.763. The van der Waals surface area contributed by atoms with E-state index in [2.05, 4.69) is 23.4 Å². The van der Waals surface area contributed by atoms with Gasteiger partial charge in [-0.15, -0.1) is 0 Å². The molecule has 1 aliphatic carbocycles. The molecule has 1 saturated carbocycles. The van der Waals surface area contributed by atoms with Gasteiger partial charge in [-0.05, 0) is 63.6 Å². The van der Waals surface area contributed by atoms with Crippen molar-refractivity contribution in [2.24, 2.45) is 5.92 Å². The van der Waals surface area contributed by atoms with Gasteiger partial charge in [0, 0.05) is 18.6 Å². The first kappa shape index (κ1) is 15.7. The average Bonchev–Trinajstić information content (AvgIpc) is 2.63. The van der Waals surface area contributed by atoms with Crippen molar-refractivity contribution in [3.05, 3.63) is 0 Å². The van der Waals surface area contributed by atoms with Crippen LogP contribution in [0.25, 0.3) is 0 Å². The van der Waals surface area contributed by atoms with Crippen LogP contribution < -0.4 is 5.32 Å². The maximum Gasteiger partial charge on any atom is 0.0223 e. The van der Waals surface area contributed by atoms with Crippen LogP contribution in [0.1, 0.15) is 51.9 Å². The van der Waals surface area contributed by atoms with Gasteiger partial charge in [0.15, 0.2) is 0 Å². The van der Waals surface area contributed by atoms with Gasteiger partial charge in [-0.2, -0.15) is 11.8 Å². The van der Waals surface area contributed by atoms with Crippen molar-refractivity contribution in [2.45, 2.75) is 64.0 Å². The van der Waals surface area contributed by atoms with Crippen molar-refractivity contribution in [1.29, 1.82) is 0 Å². The normalized spacial score (nSPS) is 31.3. The van der Waals surface area contributed by atoms with Crippen molar-refractivity contribution in [3.63, 3.8) is 0 Å². The van der Waals surface area contributed by atoms with E-state index in [1.54, 1.807) is 0 Å². The van der Waals surface area contributed by atoms with E-state index in [-0.39, 0.29) is 0 Å². The lowest BCUT2D eigenvalue weighted by molar-refractivity contribution is 0.172. The van der Waals surface area contributed by atoms with Crippen LogP contribution in [-0.4, -0.2) is 48.6 Å². The maximum absolute atomic E-state index is 3.86. The van der Waals surface area contributed by atoms with E-state index >= 15 is 0 Å². The third-order valence-electron chi connectivity index (χ3n) is 5.04. The average molecular weight is 285 g/mol. The number of thioether (sulfide) groups is 1. The van der Waals surface area contributed by atoms with E-state index in [0.29, 0.717) is 0 Å². The first-order chi connectivity index (χ1) is 9.31. The topological polar surface area (TPSA) is 15.3 Å². The van der Waals surface area contributed by atoms with Crippen molar-refractivity contribution in [1.82, 2.24) is 10.2 Å². The van der Waals surface area contributed by atoms with Crippen LogP contribution in [0.3, 0.4) is 0 Å². The standard InChI is InChI=1S/C16H32N2S/c1-14-9-10-17-16(15-7-4-3-5-8-15)13-18(14)11-6-12-19-2/h14-17H,3-13H2,1-2H3. The van der Waals surface area contributed by atoms with Crippen molar-refractivity contribution >= 4 is 11.8 Å². The molecule has 1 saturated heterocycles. The molecular weight excluding hydrogens is 252 g/mol. The monoisotopic (exact) mass is 284 g/mol. The second kappa shape index (κ2) is 8.53. The minimum Gasteiger partial charge on any atom is -0.312 e. The molecule has 112 valence electrons. The van der Waals surface area contributed by atoms with Gasteiger partial charge in [0.2, 0.25) is 0 Å². The Labute approximate surface area is 124 Å². The van der Waals surface area contributed by atoms with Gasteiger partial charge in [-0.1, -0.05) is 19.3 Å². The number of hydrogen-bond acceptors (Lipinski definition) is 3. The van der Waals surface area contributed by atoms with E-state index in [4.69, 9.17) is 0 Å². The molecule has 2 fully saturated rings. The summed E-state index contributed by atoms with van der Waals surface area (Å²) < 4.78 is 0. The lowest BCUT2D eigenvalue weighted by atomic mass is 9.83. The maximum atomic E-state index is 3.86. The van der Waals surface area contributed by atoms with Crippen LogP contribution in [0.5, 0.6) is 0 Å². The Morgan fingerprint density at radius 1 is 1.16 bits per heavy atom. The fourth-order valence-corrected chi connectivity index (χ4v) is 4.15. The van der Waals surface area contributed by atoms with Gasteiger partial charge in [-0.25, -0.2) is 0 Å². The molecule has 2 atom stereocenters. The highest BCUT2D eigenvalue weighted by Crippen LogP contribution is 2.28. The molecule has 2 aliphatic rings. The molecule has 0 amide bonds. The summed E-state index contributed by atoms with van der Waals surface area (Å²) in [5.74, 6) is 2.26. The highest BCUT2D eigenvalue weighted by Gasteiger charge is 2.28. The number of nitrogens with one attached hydrogen (secondary N) is 1. The lowest BCUT2D eigenvalue weighted by Crippen LogP contribution is -2.45. The molecule has 1 aliphatic heterocycles. The SMILES string of the molecule is CSCCCN1CC(C2CCCCC2)NCCC1C. The van der Waals surface area contributed by atoms with Crippen LogP contribution in [-0.2, 0) is 0 Å². The Morgan fingerprint density at radius 3 is 2.68 bits per heavy atom. The fourth-order valence-electron chi connectivity index (χ4n) is 3.73. The Bertz CT molecular complexity index is 241. The third-order valence-corrected chi connectivity index (χ3v) is 5.73. The summed E-state index contributed by atoms with van der Waals surface area (Å²) in [7, 11) is 0. The van der Waals surface area contributed by atoms with Gasteiger partial charge in [0.1, 0.15) is 0 Å². The van der Waals surface area contributed by atoms with Gasteiger partial charge < -0.3 is 5.32 Å². The molecule has 1 N–H and O–H groups in total. The van der Waals surface area contributed by atoms with Gasteiger partial charge in [-0.3, -0.25) is 4.90 Å². The number of rotatable bonds is 5. The molecule has 19 heavy (non-hydrogen) atoms. The predicted octanol–water partition coefficient (Wildman–Crippen LogP) is 3.37. The smallest absolute Gasteiger partial charge is 0.0223 e. The Balaban J connectivity index is 1.85. The van der Waals surface area contributed by atoms with Crippen molar-refractivity contribution in [3.8, 4) is 0 Å². The third kappa shape index (κ3) is 4.95. The summed E-state index contributed by atoms with van der Waals surface area (Å²) in [6.45, 7) is 6.23. The van der Waals surface area contributed by atoms with E-state index in [1.165, 1.54) is 70.3 Å². The zero-order valence-electron chi connectivity index (χ0n) is 12.9. The van der Waals surface area contributed by atoms with Gasteiger partial charge in [0.25, 0.3) is 0 Å². The molecule has 3 heteroatoms. The van der Waals surface area contributed by atoms with Gasteiger partial charge in [0.05, 0.1) is 0 Å². The van der Waals surface area contributed by atoms with E-state index in [9.17, 15) is 0 Å². The van der Waals surface area contributed by atoms with E-state index in [0.717, 1.165) is 18.0 Å². The molecule has 2 unspecified atom stereocenters. The van der Waals surface area contributed by atoms with E-state index < -0.39 is 0 Å². The molecule has 2 rings (SSSR count). The number of hydrogen-bond donors (Lipinski definition) is 1. The molecule has 0 aromatic carbocycles. The van der Waals surface area contributed by atoms with Gasteiger partial charge >= 0.3 is 0 Å². The fraction of sp³-hybridized carbons (Fsp3) is 1.00. The van der Waals surface area contributed by atoms with Crippen LogP contribution in [0.4, 0.5) is 0 Å². The molecule has 0 aromatic rings. The Hall–Kier alpha value is 0.270. The zero-order chi connectivity index (χ0) is 13.5. The quantitative estimate of drug-likeness (QED) is 0.779. The summed E-state index contributed by atoms with van der Waals surface area (Å²) in [5.41, 5.74) is 0. The first-order valence-corrected chi connectivity index (χ1v) is 9.67. The van der Waals surface area contributed by atoms with E-state index in [1.807, 2.05) is 11.8 Å². The number of nitrogens with zero attached hydrogens (tertiary/aromatic N) is 1. The Morgan fingerprint density at radius 2 is 1.95 bits per heavy atom. The second-order valence-electron chi connectivity index (χ2n) is 6.44. The molecule has 0 radical (unpaired) electrons. The second-order valence-corrected chi connectivity index (χ2v) is 7.42. The largest absolute Gasteiger partial charge is 0.312 e. The van der Waals surface area contributed by atoms with Crippen molar-refractivity contribution in [2.75, 3.05) is 31.6 Å². The summed E-state index contributed by atoms with van der Waals surface area (Å²) in [5, 5.41) is 3.86. The molecule has 0 aromatic heterocycles. The predicted molar refractivity (Wildman–Crippen MR) is 87.0 cm³/mol. The van der Waals surface area contributed by atoms with Crippen LogP contribution >= 0.6 is 11.8 Å². The molecule has 0 bridgehead atoms. The highest BCUT2D eigenvalue weighted by atomic mass is 32.2. The van der Waals surface area contributed by atoms with Crippen LogP contribution in [0, 0.1) is 5.92 Å². The molecule has 1 heterocycles. The summed E-state index contributed by atoms with van der Waals surface area (Å²) in [6.07, 6.45) is 12.2. The summed E-state index contributed by atoms with van der Waals surface area (Å²) in [6, 6.07) is 1.53. The van der Waals surface area contributed by atoms with Crippen LogP contribution in [0.15, 0.2) is 0 Å². The summed E-state index contributed by atoms with van der Waals surface area (Å²) >= 11 is 1.98.